The lowest BCUT2D eigenvalue weighted by atomic mass is 10.3. The predicted octanol–water partition coefficient (Wildman–Crippen LogP) is 1.32. The maximum Gasteiger partial charge on any atom is 0.110 e. The Labute approximate surface area is 73.5 Å². The van der Waals surface area contributed by atoms with E-state index >= 15 is 0 Å². The third kappa shape index (κ3) is 2.88. The molecule has 0 saturated heterocycles. The Hall–Kier alpha value is -0.580. The average molecular weight is 217 g/mol. The second kappa shape index (κ2) is 4.33. The van der Waals surface area contributed by atoms with Crippen LogP contribution >= 0.6 is 15.9 Å². The van der Waals surface area contributed by atoms with Gasteiger partial charge in [0.05, 0.1) is 0 Å². The number of rotatable bonds is 3. The summed E-state index contributed by atoms with van der Waals surface area (Å²) in [7, 11) is 0. The summed E-state index contributed by atoms with van der Waals surface area (Å²) in [4.78, 5) is 0. The summed E-state index contributed by atoms with van der Waals surface area (Å²) in [6.45, 7) is -0.0872. The fraction of sp³-hybridized carbons (Fsp3) is 0.143. The minimum Gasteiger partial charge on any atom is -0.380 e. The van der Waals surface area contributed by atoms with Crippen molar-refractivity contribution in [2.24, 2.45) is 0 Å². The lowest BCUT2D eigenvalue weighted by Gasteiger charge is -2.04. The van der Waals surface area contributed by atoms with Crippen molar-refractivity contribution < 1.29 is 5.11 Å². The molecule has 0 heterocycles. The second-order valence-electron chi connectivity index (χ2n) is 1.97. The summed E-state index contributed by atoms with van der Waals surface area (Å²) in [5.74, 6) is 0. The van der Waals surface area contributed by atoms with Gasteiger partial charge in [0.1, 0.15) is 6.73 Å². The van der Waals surface area contributed by atoms with Crippen molar-refractivity contribution in [3.05, 3.63) is 28.7 Å². The van der Waals surface area contributed by atoms with Crippen molar-refractivity contribution in [2.45, 2.75) is 0 Å². The molecule has 0 unspecified atom stereocenters. The molecule has 4 heteroatoms. The molecule has 0 aliphatic carbocycles. The number of nitrogens with one attached hydrogen (secondary N) is 2. The summed E-state index contributed by atoms with van der Waals surface area (Å²) >= 11 is 3.32. The smallest absolute Gasteiger partial charge is 0.110 e. The van der Waals surface area contributed by atoms with Crippen molar-refractivity contribution in [1.82, 2.24) is 5.43 Å². The molecule has 0 fully saturated rings. The average Bonchev–Trinajstić information content (AvgIpc) is 2.04. The molecule has 3 N–H and O–H groups in total. The van der Waals surface area contributed by atoms with E-state index in [1.54, 1.807) is 0 Å². The molecular weight excluding hydrogens is 208 g/mol. The summed E-state index contributed by atoms with van der Waals surface area (Å²) in [5, 5.41) is 8.40. The molecule has 3 nitrogen and oxygen atoms in total. The van der Waals surface area contributed by atoms with Crippen LogP contribution in [-0.2, 0) is 0 Å². The minimum atomic E-state index is -0.0872. The van der Waals surface area contributed by atoms with Gasteiger partial charge in [-0.3, -0.25) is 0 Å². The molecule has 60 valence electrons. The van der Waals surface area contributed by atoms with Crippen LogP contribution in [0.1, 0.15) is 0 Å². The first kappa shape index (κ1) is 8.52. The topological polar surface area (TPSA) is 44.3 Å². The van der Waals surface area contributed by atoms with Crippen LogP contribution in [0.15, 0.2) is 28.7 Å². The molecule has 0 radical (unpaired) electrons. The van der Waals surface area contributed by atoms with Crippen LogP contribution in [0.5, 0.6) is 0 Å². The van der Waals surface area contributed by atoms with Gasteiger partial charge in [-0.25, -0.2) is 5.43 Å². The fourth-order valence-electron chi connectivity index (χ4n) is 0.675. The Balaban J connectivity index is 2.52. The fourth-order valence-corrected chi connectivity index (χ4v) is 0.939. The highest BCUT2D eigenvalue weighted by molar-refractivity contribution is 9.10. The monoisotopic (exact) mass is 216 g/mol. The van der Waals surface area contributed by atoms with Gasteiger partial charge < -0.3 is 10.5 Å². The largest absolute Gasteiger partial charge is 0.380 e. The van der Waals surface area contributed by atoms with E-state index in [1.165, 1.54) is 0 Å². The zero-order chi connectivity index (χ0) is 8.10. The van der Waals surface area contributed by atoms with Gasteiger partial charge in [0.25, 0.3) is 0 Å². The first-order valence-electron chi connectivity index (χ1n) is 3.18. The molecule has 1 aromatic carbocycles. The molecule has 1 aromatic rings. The number of halogens is 1. The zero-order valence-corrected chi connectivity index (χ0v) is 7.43. The van der Waals surface area contributed by atoms with E-state index in [4.69, 9.17) is 5.11 Å². The van der Waals surface area contributed by atoms with Crippen LogP contribution in [0, 0.1) is 0 Å². The molecule has 1 rings (SSSR count). The summed E-state index contributed by atoms with van der Waals surface area (Å²) in [6, 6.07) is 7.63. The van der Waals surface area contributed by atoms with Crippen molar-refractivity contribution >= 4 is 21.6 Å². The number of aliphatic hydroxyl groups excluding tert-OH is 1. The van der Waals surface area contributed by atoms with Gasteiger partial charge in [-0.15, -0.1) is 0 Å². The van der Waals surface area contributed by atoms with Gasteiger partial charge >= 0.3 is 0 Å². The second-order valence-corrected chi connectivity index (χ2v) is 2.88. The number of hydrogen-bond acceptors (Lipinski definition) is 3. The van der Waals surface area contributed by atoms with E-state index in [2.05, 4.69) is 26.8 Å². The van der Waals surface area contributed by atoms with E-state index in [0.29, 0.717) is 0 Å². The molecule has 0 spiro atoms. The summed E-state index contributed by atoms with van der Waals surface area (Å²) in [5.41, 5.74) is 6.29. The molecule has 0 bridgehead atoms. The third-order valence-electron chi connectivity index (χ3n) is 1.16. The first-order valence-corrected chi connectivity index (χ1v) is 3.97. The van der Waals surface area contributed by atoms with E-state index in [9.17, 15) is 0 Å². The SMILES string of the molecule is OCNNc1ccc(Br)cc1. The Morgan fingerprint density at radius 3 is 2.45 bits per heavy atom. The number of benzene rings is 1. The lowest BCUT2D eigenvalue weighted by Crippen LogP contribution is -2.21. The normalized spacial score (nSPS) is 9.64. The van der Waals surface area contributed by atoms with E-state index in [0.717, 1.165) is 10.2 Å². The summed E-state index contributed by atoms with van der Waals surface area (Å²) in [6.07, 6.45) is 0. The number of anilines is 1. The van der Waals surface area contributed by atoms with Crippen LogP contribution in [0.25, 0.3) is 0 Å². The Morgan fingerprint density at radius 1 is 1.27 bits per heavy atom. The molecular formula is C7H9BrN2O. The predicted molar refractivity (Wildman–Crippen MR) is 48.0 cm³/mol. The quantitative estimate of drug-likeness (QED) is 0.528. The standard InChI is InChI=1S/C7H9BrN2O/c8-6-1-3-7(4-2-6)10-9-5-11/h1-4,9-11H,5H2. The van der Waals surface area contributed by atoms with E-state index < -0.39 is 0 Å². The Morgan fingerprint density at radius 2 is 1.91 bits per heavy atom. The van der Waals surface area contributed by atoms with E-state index in [1.807, 2.05) is 24.3 Å². The molecule has 0 aliphatic heterocycles. The Bertz CT molecular complexity index is 212. The van der Waals surface area contributed by atoms with Gasteiger partial charge in [0.15, 0.2) is 0 Å². The van der Waals surface area contributed by atoms with Crippen molar-refractivity contribution in [3.8, 4) is 0 Å². The lowest BCUT2D eigenvalue weighted by molar-refractivity contribution is 0.272. The molecule has 11 heavy (non-hydrogen) atoms. The van der Waals surface area contributed by atoms with Crippen molar-refractivity contribution in [1.29, 1.82) is 0 Å². The summed E-state index contributed by atoms with van der Waals surface area (Å²) < 4.78 is 1.03. The van der Waals surface area contributed by atoms with Crippen LogP contribution in [-0.4, -0.2) is 11.8 Å². The van der Waals surface area contributed by atoms with Gasteiger partial charge in [0, 0.05) is 10.2 Å². The first-order chi connectivity index (χ1) is 5.33. The number of aliphatic hydroxyl groups is 1. The molecule has 0 saturated carbocycles. The molecule has 0 atom stereocenters. The van der Waals surface area contributed by atoms with Gasteiger partial charge in [0.2, 0.25) is 0 Å². The zero-order valence-electron chi connectivity index (χ0n) is 5.84. The van der Waals surface area contributed by atoms with Gasteiger partial charge in [-0.1, -0.05) is 15.9 Å². The Kier molecular flexibility index (Phi) is 3.35. The molecule has 0 amide bonds. The highest BCUT2D eigenvalue weighted by Gasteiger charge is 1.88. The number of hydrazine groups is 1. The highest BCUT2D eigenvalue weighted by atomic mass is 79.9. The van der Waals surface area contributed by atoms with Crippen molar-refractivity contribution in [3.63, 3.8) is 0 Å². The van der Waals surface area contributed by atoms with Gasteiger partial charge in [-0.2, -0.15) is 0 Å². The van der Waals surface area contributed by atoms with Gasteiger partial charge in [-0.05, 0) is 24.3 Å². The van der Waals surface area contributed by atoms with Crippen LogP contribution in [0.3, 0.4) is 0 Å². The third-order valence-corrected chi connectivity index (χ3v) is 1.68. The maximum atomic E-state index is 8.40. The van der Waals surface area contributed by atoms with Crippen LogP contribution < -0.4 is 10.9 Å². The highest BCUT2D eigenvalue weighted by Crippen LogP contribution is 2.12. The van der Waals surface area contributed by atoms with Crippen molar-refractivity contribution in [2.75, 3.05) is 12.2 Å². The molecule has 0 aliphatic rings. The number of hydrogen-bond donors (Lipinski definition) is 3. The minimum absolute atomic E-state index is 0.0872. The van der Waals surface area contributed by atoms with Crippen LogP contribution in [0.4, 0.5) is 5.69 Å². The van der Waals surface area contributed by atoms with Crippen LogP contribution in [0.2, 0.25) is 0 Å². The maximum absolute atomic E-state index is 8.40. The van der Waals surface area contributed by atoms with E-state index in [-0.39, 0.29) is 6.73 Å². The molecule has 0 aromatic heterocycles.